The maximum Gasteiger partial charge on any atom is 0.137 e. The van der Waals surface area contributed by atoms with E-state index >= 15 is 0 Å². The highest BCUT2D eigenvalue weighted by atomic mass is 16.3. The van der Waals surface area contributed by atoms with Crippen molar-refractivity contribution in [3.8, 4) is 16.8 Å². The maximum absolute atomic E-state index is 6.62. The van der Waals surface area contributed by atoms with E-state index in [4.69, 9.17) is 13.8 Å². The number of hydrogen-bond donors (Lipinski definition) is 2. The van der Waals surface area contributed by atoms with Gasteiger partial charge in [-0.3, -0.25) is 5.32 Å². The zero-order valence-electron chi connectivity index (χ0n) is 31.2. The third-order valence-electron chi connectivity index (χ3n) is 12.0. The molecule has 2 atom stereocenters. The molecule has 274 valence electrons. The van der Waals surface area contributed by atoms with Gasteiger partial charge < -0.3 is 18.7 Å². The smallest absolute Gasteiger partial charge is 0.137 e. The van der Waals surface area contributed by atoms with Crippen molar-refractivity contribution in [2.75, 3.05) is 0 Å². The lowest BCUT2D eigenvalue weighted by atomic mass is 9.98. The van der Waals surface area contributed by atoms with E-state index < -0.39 is 0 Å². The molecule has 0 spiro atoms. The first-order valence-electron chi connectivity index (χ1n) is 20.0. The second kappa shape index (κ2) is 12.8. The van der Waals surface area contributed by atoms with Crippen LogP contribution in [-0.4, -0.2) is 16.6 Å². The molecule has 6 aromatic carbocycles. The topological polar surface area (TPSA) is 67.6 Å². The number of para-hydroxylation sites is 2. The Bertz CT molecular complexity index is 3220. The molecule has 2 unspecified atom stereocenters. The minimum atomic E-state index is -0.214. The van der Waals surface area contributed by atoms with Crippen LogP contribution in [-0.2, 0) is 0 Å². The van der Waals surface area contributed by atoms with Crippen molar-refractivity contribution < 1.29 is 8.83 Å². The second-order valence-electron chi connectivity index (χ2n) is 15.4. The number of hydrogen-bond acceptors (Lipinski definition) is 5. The highest BCUT2D eigenvalue weighted by molar-refractivity contribution is 6.15. The predicted octanol–water partition coefficient (Wildman–Crippen LogP) is 12.7. The number of fused-ring (bicyclic) bond motifs is 9. The SMILES string of the molecule is C1=CCCC(C2NC(C3=CCCC=C3)=NC(c3ccc4c(c3)oc3ccc(-c5ccc6c(c5)oc5cccc(-n7c8ccccc8c8ccccc87)c56)cc34)N2)=C1. The molecule has 0 amide bonds. The van der Waals surface area contributed by atoms with Crippen LogP contribution in [0.25, 0.3) is 82.5 Å². The van der Waals surface area contributed by atoms with Gasteiger partial charge in [-0.1, -0.05) is 103 Å². The molecule has 1 aliphatic heterocycles. The summed E-state index contributed by atoms with van der Waals surface area (Å²) in [6.45, 7) is 0. The number of nitrogens with zero attached hydrogens (tertiary/aromatic N) is 2. The molecule has 12 rings (SSSR count). The summed E-state index contributed by atoms with van der Waals surface area (Å²) in [6.07, 6.45) is 17.3. The molecule has 9 aromatic rings. The lowest BCUT2D eigenvalue weighted by Crippen LogP contribution is -2.52. The van der Waals surface area contributed by atoms with E-state index in [2.05, 4.69) is 173 Å². The number of amidine groups is 1. The minimum Gasteiger partial charge on any atom is -0.456 e. The molecule has 2 N–H and O–H groups in total. The Morgan fingerprint density at radius 3 is 2.23 bits per heavy atom. The van der Waals surface area contributed by atoms with E-state index in [1.54, 1.807) is 0 Å². The molecule has 0 saturated carbocycles. The van der Waals surface area contributed by atoms with Gasteiger partial charge in [-0.15, -0.1) is 0 Å². The first-order valence-corrected chi connectivity index (χ1v) is 20.0. The normalized spacial score (nSPS) is 18.5. The summed E-state index contributed by atoms with van der Waals surface area (Å²) in [6, 6.07) is 43.3. The highest BCUT2D eigenvalue weighted by Crippen LogP contribution is 2.41. The summed E-state index contributed by atoms with van der Waals surface area (Å²) in [5.74, 6) is 0.939. The van der Waals surface area contributed by atoms with Crippen molar-refractivity contribution in [1.29, 1.82) is 0 Å². The number of nitrogens with one attached hydrogen (secondary N) is 2. The van der Waals surface area contributed by atoms with Crippen molar-refractivity contribution in [2.24, 2.45) is 4.99 Å². The van der Waals surface area contributed by atoms with Gasteiger partial charge in [-0.25, -0.2) is 4.99 Å². The molecular formula is C51H38N4O2. The molecule has 0 bridgehead atoms. The minimum absolute atomic E-state index is 0.00180. The number of furan rings is 2. The predicted molar refractivity (Wildman–Crippen MR) is 234 cm³/mol. The fourth-order valence-electron chi connectivity index (χ4n) is 9.22. The number of aliphatic imine (C=N–C) groups is 1. The van der Waals surface area contributed by atoms with Crippen LogP contribution in [0.15, 0.2) is 183 Å². The van der Waals surface area contributed by atoms with E-state index in [1.807, 2.05) is 0 Å². The van der Waals surface area contributed by atoms with Gasteiger partial charge in [0, 0.05) is 32.5 Å². The Hall–Kier alpha value is -6.89. The average molecular weight is 739 g/mol. The van der Waals surface area contributed by atoms with Crippen LogP contribution in [0.5, 0.6) is 0 Å². The van der Waals surface area contributed by atoms with Crippen LogP contribution in [0.4, 0.5) is 0 Å². The first-order chi connectivity index (χ1) is 28.2. The van der Waals surface area contributed by atoms with Crippen molar-refractivity contribution in [1.82, 2.24) is 15.2 Å². The molecule has 3 aromatic heterocycles. The molecule has 0 fully saturated rings. The first kappa shape index (κ1) is 32.4. The summed E-state index contributed by atoms with van der Waals surface area (Å²) in [4.78, 5) is 5.20. The summed E-state index contributed by atoms with van der Waals surface area (Å²) in [5, 5.41) is 14.4. The molecule has 0 radical (unpaired) electrons. The van der Waals surface area contributed by atoms with Crippen molar-refractivity contribution in [3.05, 3.63) is 174 Å². The Morgan fingerprint density at radius 2 is 1.40 bits per heavy atom. The Kier molecular flexibility index (Phi) is 7.29. The number of allylic oxidation sites excluding steroid dienone is 5. The van der Waals surface area contributed by atoms with Gasteiger partial charge in [0.25, 0.3) is 0 Å². The lowest BCUT2D eigenvalue weighted by Gasteiger charge is -2.34. The summed E-state index contributed by atoms with van der Waals surface area (Å²) in [7, 11) is 0. The van der Waals surface area contributed by atoms with Gasteiger partial charge >= 0.3 is 0 Å². The fraction of sp³-hybridized carbons (Fsp3) is 0.118. The van der Waals surface area contributed by atoms with E-state index in [1.165, 1.54) is 27.4 Å². The Morgan fingerprint density at radius 1 is 0.614 bits per heavy atom. The molecule has 0 saturated heterocycles. The molecule has 57 heavy (non-hydrogen) atoms. The standard InChI is InChI=1S/C51H38N4O2/c1-3-12-31(13-4-1)49-52-50(32-14-5-2-6-15-32)54-51(53-49)35-23-25-38-40-28-33(24-27-44(40)56-46(38)30-35)34-22-26-39-47(29-34)57-45-21-11-20-43(48(39)45)55-41-18-9-7-16-36(41)37-17-8-10-19-42(37)55/h1,3,5,7-12,14-30,49,51,53H,2,4,6,13H2,(H,52,54). The second-order valence-corrected chi connectivity index (χ2v) is 15.4. The van der Waals surface area contributed by atoms with E-state index in [0.717, 1.165) is 103 Å². The van der Waals surface area contributed by atoms with Crippen LogP contribution in [0.3, 0.4) is 0 Å². The number of benzene rings is 6. The number of aromatic nitrogens is 1. The summed E-state index contributed by atoms with van der Waals surface area (Å²) >= 11 is 0. The van der Waals surface area contributed by atoms with Crippen LogP contribution in [0.1, 0.15) is 37.4 Å². The summed E-state index contributed by atoms with van der Waals surface area (Å²) < 4.78 is 15.5. The van der Waals surface area contributed by atoms with Crippen LogP contribution in [0, 0.1) is 0 Å². The molecule has 4 heterocycles. The highest BCUT2D eigenvalue weighted by Gasteiger charge is 2.28. The average Bonchev–Trinajstić information content (AvgIpc) is 3.95. The Labute approximate surface area is 328 Å². The van der Waals surface area contributed by atoms with Crippen LogP contribution >= 0.6 is 0 Å². The van der Waals surface area contributed by atoms with Crippen LogP contribution in [0.2, 0.25) is 0 Å². The fourth-order valence-corrected chi connectivity index (χ4v) is 9.22. The van der Waals surface area contributed by atoms with Gasteiger partial charge in [0.2, 0.25) is 0 Å². The van der Waals surface area contributed by atoms with Gasteiger partial charge in [0.15, 0.2) is 0 Å². The zero-order chi connectivity index (χ0) is 37.5. The molecule has 2 aliphatic carbocycles. The monoisotopic (exact) mass is 738 g/mol. The summed E-state index contributed by atoms with van der Waals surface area (Å²) in [5.41, 5.74) is 12.7. The third kappa shape index (κ3) is 5.25. The van der Waals surface area contributed by atoms with Gasteiger partial charge in [-0.05, 0) is 103 Å². The van der Waals surface area contributed by atoms with Crippen molar-refractivity contribution >= 4 is 71.5 Å². The van der Waals surface area contributed by atoms with Gasteiger partial charge in [0.05, 0.1) is 22.1 Å². The molecule has 6 heteroatoms. The van der Waals surface area contributed by atoms with Crippen molar-refractivity contribution in [2.45, 2.75) is 38.0 Å². The zero-order valence-corrected chi connectivity index (χ0v) is 31.2. The van der Waals surface area contributed by atoms with E-state index in [0.29, 0.717) is 0 Å². The Balaban J connectivity index is 0.918. The maximum atomic E-state index is 6.62. The lowest BCUT2D eigenvalue weighted by molar-refractivity contribution is 0.428. The van der Waals surface area contributed by atoms with Crippen LogP contribution < -0.4 is 10.6 Å². The molecular weight excluding hydrogens is 701 g/mol. The van der Waals surface area contributed by atoms with E-state index in [-0.39, 0.29) is 12.3 Å². The number of rotatable bonds is 5. The molecule has 3 aliphatic rings. The van der Waals surface area contributed by atoms with Gasteiger partial charge in [0.1, 0.15) is 40.5 Å². The largest absolute Gasteiger partial charge is 0.456 e. The quantitative estimate of drug-likeness (QED) is 0.184. The van der Waals surface area contributed by atoms with E-state index in [9.17, 15) is 0 Å². The third-order valence-corrected chi connectivity index (χ3v) is 12.0. The van der Waals surface area contributed by atoms with Gasteiger partial charge in [-0.2, -0.15) is 0 Å². The molecule has 6 nitrogen and oxygen atoms in total. The van der Waals surface area contributed by atoms with Crippen molar-refractivity contribution in [3.63, 3.8) is 0 Å².